The van der Waals surface area contributed by atoms with Crippen LogP contribution in [-0.4, -0.2) is 31.3 Å². The molecule has 0 aliphatic rings. The third-order valence-electron chi connectivity index (χ3n) is 1.99. The quantitative estimate of drug-likeness (QED) is 0.763. The Hall–Kier alpha value is -0.650. The highest BCUT2D eigenvalue weighted by molar-refractivity contribution is 7.15. The predicted octanol–water partition coefficient (Wildman–Crippen LogP) is 2.52. The van der Waals surface area contributed by atoms with E-state index in [0.717, 1.165) is 23.0 Å². The Balaban J connectivity index is 2.28. The molecule has 16 heavy (non-hydrogen) atoms. The first-order valence-electron chi connectivity index (χ1n) is 5.55. The van der Waals surface area contributed by atoms with E-state index in [-0.39, 0.29) is 6.10 Å². The summed E-state index contributed by atoms with van der Waals surface area (Å²) in [4.78, 5) is 5.41. The van der Waals surface area contributed by atoms with Crippen LogP contribution in [0, 0.1) is 0 Å². The zero-order valence-electron chi connectivity index (χ0n) is 10.2. The molecule has 1 rings (SSSR count). The molecule has 0 amide bonds. The van der Waals surface area contributed by atoms with Crippen molar-refractivity contribution in [1.29, 1.82) is 0 Å². The van der Waals surface area contributed by atoms with Crippen molar-refractivity contribution in [2.75, 3.05) is 25.6 Å². The molecule has 1 unspecified atom stereocenters. The number of hydrogen-bond donors (Lipinski definition) is 1. The van der Waals surface area contributed by atoms with Crippen LogP contribution in [0.4, 0.5) is 5.13 Å². The van der Waals surface area contributed by atoms with Crippen LogP contribution >= 0.6 is 11.3 Å². The highest BCUT2D eigenvalue weighted by atomic mass is 32.1. The van der Waals surface area contributed by atoms with Crippen molar-refractivity contribution >= 4 is 16.5 Å². The summed E-state index contributed by atoms with van der Waals surface area (Å²) >= 11 is 1.64. The topological polar surface area (TPSA) is 43.4 Å². The summed E-state index contributed by atoms with van der Waals surface area (Å²) in [5, 5.41) is 4.23. The molecule has 4 nitrogen and oxygen atoms in total. The fraction of sp³-hybridized carbons (Fsp3) is 0.727. The van der Waals surface area contributed by atoms with E-state index in [1.54, 1.807) is 18.4 Å². The summed E-state index contributed by atoms with van der Waals surface area (Å²) in [5.74, 6) is 0. The first-order chi connectivity index (χ1) is 7.76. The van der Waals surface area contributed by atoms with Crippen molar-refractivity contribution in [3.8, 4) is 0 Å². The first-order valence-corrected chi connectivity index (χ1v) is 6.37. The Morgan fingerprint density at radius 1 is 1.56 bits per heavy atom. The Morgan fingerprint density at radius 2 is 2.38 bits per heavy atom. The van der Waals surface area contributed by atoms with Gasteiger partial charge in [-0.05, 0) is 13.3 Å². The number of anilines is 1. The molecular weight excluding hydrogens is 224 g/mol. The van der Waals surface area contributed by atoms with Crippen LogP contribution in [-0.2, 0) is 16.1 Å². The Bertz CT molecular complexity index is 291. The number of hydrogen-bond acceptors (Lipinski definition) is 5. The van der Waals surface area contributed by atoms with Gasteiger partial charge in [0, 0.05) is 19.9 Å². The maximum absolute atomic E-state index is 5.60. The van der Waals surface area contributed by atoms with Crippen molar-refractivity contribution < 1.29 is 9.47 Å². The largest absolute Gasteiger partial charge is 0.382 e. The normalized spacial score (nSPS) is 12.7. The van der Waals surface area contributed by atoms with Crippen LogP contribution in [0.5, 0.6) is 0 Å². The fourth-order valence-electron chi connectivity index (χ4n) is 1.20. The summed E-state index contributed by atoms with van der Waals surface area (Å²) in [6.07, 6.45) is 3.09. The third kappa shape index (κ3) is 4.92. The summed E-state index contributed by atoms with van der Waals surface area (Å²) in [7, 11) is 1.68. The highest BCUT2D eigenvalue weighted by Crippen LogP contribution is 2.19. The van der Waals surface area contributed by atoms with Crippen LogP contribution in [0.25, 0.3) is 0 Å². The Kier molecular flexibility index (Phi) is 6.37. The summed E-state index contributed by atoms with van der Waals surface area (Å²) < 4.78 is 10.6. The van der Waals surface area contributed by atoms with Crippen LogP contribution in [0.1, 0.15) is 25.1 Å². The zero-order chi connectivity index (χ0) is 11.8. The SMILES string of the molecule is CCCNc1ncc(COC(C)COC)s1. The number of nitrogens with zero attached hydrogens (tertiary/aromatic N) is 1. The summed E-state index contributed by atoms with van der Waals surface area (Å²) in [6.45, 7) is 6.33. The second-order valence-corrected chi connectivity index (χ2v) is 4.75. The van der Waals surface area contributed by atoms with Gasteiger partial charge >= 0.3 is 0 Å². The highest BCUT2D eigenvalue weighted by Gasteiger charge is 2.05. The minimum absolute atomic E-state index is 0.124. The fourth-order valence-corrected chi connectivity index (χ4v) is 1.96. The first kappa shape index (κ1) is 13.4. The lowest BCUT2D eigenvalue weighted by atomic mass is 10.4. The van der Waals surface area contributed by atoms with Crippen molar-refractivity contribution in [1.82, 2.24) is 4.98 Å². The summed E-state index contributed by atoms with van der Waals surface area (Å²) in [6, 6.07) is 0. The number of ether oxygens (including phenoxy) is 2. The molecule has 0 aliphatic heterocycles. The van der Waals surface area contributed by atoms with Crippen molar-refractivity contribution in [2.24, 2.45) is 0 Å². The van der Waals surface area contributed by atoms with E-state index in [4.69, 9.17) is 9.47 Å². The molecule has 92 valence electrons. The molecule has 1 aromatic rings. The molecule has 0 spiro atoms. The van der Waals surface area contributed by atoms with E-state index in [2.05, 4.69) is 17.2 Å². The molecule has 0 fully saturated rings. The van der Waals surface area contributed by atoms with Crippen molar-refractivity contribution in [3.05, 3.63) is 11.1 Å². The molecule has 1 N–H and O–H groups in total. The van der Waals surface area contributed by atoms with Gasteiger partial charge in [-0.2, -0.15) is 0 Å². The Labute approximate surface area is 101 Å². The van der Waals surface area contributed by atoms with Gasteiger partial charge in [-0.3, -0.25) is 0 Å². The van der Waals surface area contributed by atoms with Crippen molar-refractivity contribution in [3.63, 3.8) is 0 Å². The van der Waals surface area contributed by atoms with Gasteiger partial charge in [-0.15, -0.1) is 0 Å². The minimum Gasteiger partial charge on any atom is -0.382 e. The molecule has 1 atom stereocenters. The van der Waals surface area contributed by atoms with Gasteiger partial charge in [0.2, 0.25) is 0 Å². The van der Waals surface area contributed by atoms with Gasteiger partial charge in [-0.1, -0.05) is 18.3 Å². The lowest BCUT2D eigenvalue weighted by Gasteiger charge is -2.10. The second-order valence-electron chi connectivity index (χ2n) is 3.64. The number of methoxy groups -OCH3 is 1. The van der Waals surface area contributed by atoms with E-state index in [0.29, 0.717) is 13.2 Å². The maximum Gasteiger partial charge on any atom is 0.182 e. The average Bonchev–Trinajstić information content (AvgIpc) is 2.72. The van der Waals surface area contributed by atoms with Crippen LogP contribution in [0.2, 0.25) is 0 Å². The average molecular weight is 244 g/mol. The molecule has 0 saturated heterocycles. The van der Waals surface area contributed by atoms with Crippen LogP contribution in [0.15, 0.2) is 6.20 Å². The Morgan fingerprint density at radius 3 is 3.06 bits per heavy atom. The molecule has 0 bridgehead atoms. The molecule has 1 heterocycles. The standard InChI is InChI=1S/C11H20N2O2S/c1-4-5-12-11-13-6-10(16-11)8-15-9(2)7-14-3/h6,9H,4-5,7-8H2,1-3H3,(H,12,13). The van der Waals surface area contributed by atoms with E-state index >= 15 is 0 Å². The molecule has 5 heteroatoms. The number of thiazole rings is 1. The predicted molar refractivity (Wildman–Crippen MR) is 67.0 cm³/mol. The van der Waals surface area contributed by atoms with Gasteiger partial charge in [-0.25, -0.2) is 4.98 Å². The minimum atomic E-state index is 0.124. The van der Waals surface area contributed by atoms with Gasteiger partial charge < -0.3 is 14.8 Å². The molecule has 0 saturated carbocycles. The van der Waals surface area contributed by atoms with Crippen LogP contribution in [0.3, 0.4) is 0 Å². The number of nitrogens with one attached hydrogen (secondary N) is 1. The zero-order valence-corrected chi connectivity index (χ0v) is 11.0. The molecule has 0 aromatic carbocycles. The number of rotatable bonds is 8. The summed E-state index contributed by atoms with van der Waals surface area (Å²) in [5.41, 5.74) is 0. The molecule has 1 aromatic heterocycles. The van der Waals surface area contributed by atoms with E-state index in [1.165, 1.54) is 0 Å². The molecular formula is C11H20N2O2S. The van der Waals surface area contributed by atoms with Gasteiger partial charge in [0.15, 0.2) is 5.13 Å². The van der Waals surface area contributed by atoms with E-state index in [1.807, 2.05) is 13.1 Å². The van der Waals surface area contributed by atoms with Crippen molar-refractivity contribution in [2.45, 2.75) is 33.0 Å². The van der Waals surface area contributed by atoms with Crippen LogP contribution < -0.4 is 5.32 Å². The third-order valence-corrected chi connectivity index (χ3v) is 2.92. The second kappa shape index (κ2) is 7.60. The van der Waals surface area contributed by atoms with E-state index in [9.17, 15) is 0 Å². The maximum atomic E-state index is 5.60. The smallest absolute Gasteiger partial charge is 0.182 e. The lowest BCUT2D eigenvalue weighted by molar-refractivity contribution is 0.000872. The number of aromatic nitrogens is 1. The molecule has 0 radical (unpaired) electrons. The molecule has 0 aliphatic carbocycles. The van der Waals surface area contributed by atoms with E-state index < -0.39 is 0 Å². The van der Waals surface area contributed by atoms with Gasteiger partial charge in [0.25, 0.3) is 0 Å². The van der Waals surface area contributed by atoms with Gasteiger partial charge in [0.1, 0.15) is 0 Å². The van der Waals surface area contributed by atoms with Gasteiger partial charge in [0.05, 0.1) is 24.2 Å². The monoisotopic (exact) mass is 244 g/mol. The lowest BCUT2D eigenvalue weighted by Crippen LogP contribution is -2.14.